The lowest BCUT2D eigenvalue weighted by Gasteiger charge is -2.14. The van der Waals surface area contributed by atoms with Crippen molar-refractivity contribution in [2.24, 2.45) is 5.73 Å². The van der Waals surface area contributed by atoms with E-state index in [0.29, 0.717) is 0 Å². The third kappa shape index (κ3) is 2.87. The van der Waals surface area contributed by atoms with E-state index in [-0.39, 0.29) is 22.9 Å². The molecule has 0 aliphatic carbocycles. The van der Waals surface area contributed by atoms with Crippen LogP contribution in [0.4, 0.5) is 19.0 Å². The van der Waals surface area contributed by atoms with Crippen LogP contribution in [0.2, 0.25) is 5.02 Å². The van der Waals surface area contributed by atoms with Crippen molar-refractivity contribution >= 4 is 17.4 Å². The van der Waals surface area contributed by atoms with Crippen molar-refractivity contribution in [3.8, 4) is 5.75 Å². The van der Waals surface area contributed by atoms with Crippen molar-refractivity contribution < 1.29 is 17.9 Å². The molecule has 0 aliphatic heterocycles. The van der Waals surface area contributed by atoms with Gasteiger partial charge >= 0.3 is 6.36 Å². The molecule has 0 spiro atoms. The monoisotopic (exact) mass is 241 g/mol. The van der Waals surface area contributed by atoms with Gasteiger partial charge in [-0.3, -0.25) is 0 Å². The molecule has 4 N–H and O–H groups in total. The predicted octanol–water partition coefficient (Wildman–Crippen LogP) is 1.67. The van der Waals surface area contributed by atoms with Gasteiger partial charge in [-0.1, -0.05) is 11.6 Å². The Labute approximate surface area is 88.0 Å². The van der Waals surface area contributed by atoms with Crippen LogP contribution in [0.25, 0.3) is 0 Å². The van der Waals surface area contributed by atoms with Crippen LogP contribution in [0, 0.1) is 0 Å². The van der Waals surface area contributed by atoms with Crippen LogP contribution in [-0.4, -0.2) is 11.3 Å². The molecule has 0 saturated carbocycles. The highest BCUT2D eigenvalue weighted by molar-refractivity contribution is 6.32. The maximum atomic E-state index is 12.0. The number of alkyl halides is 3. The van der Waals surface area contributed by atoms with E-state index in [2.05, 4.69) is 9.72 Å². The maximum absolute atomic E-state index is 12.0. The van der Waals surface area contributed by atoms with Crippen molar-refractivity contribution in [3.63, 3.8) is 0 Å². The number of hydrogen-bond donors (Lipinski definition) is 2. The minimum absolute atomic E-state index is 0.0696. The summed E-state index contributed by atoms with van der Waals surface area (Å²) in [6.45, 7) is -0.245. The van der Waals surface area contributed by atoms with Crippen LogP contribution >= 0.6 is 11.6 Å². The predicted molar refractivity (Wildman–Crippen MR) is 48.2 cm³/mol. The van der Waals surface area contributed by atoms with Crippen LogP contribution in [0.15, 0.2) is 6.20 Å². The third-order valence-electron chi connectivity index (χ3n) is 1.54. The van der Waals surface area contributed by atoms with Crippen LogP contribution in [0.1, 0.15) is 5.56 Å². The van der Waals surface area contributed by atoms with Gasteiger partial charge in [0.1, 0.15) is 10.8 Å². The van der Waals surface area contributed by atoms with E-state index in [4.69, 9.17) is 23.1 Å². The fourth-order valence-electron chi connectivity index (χ4n) is 0.947. The van der Waals surface area contributed by atoms with E-state index in [1.165, 1.54) is 0 Å². The summed E-state index contributed by atoms with van der Waals surface area (Å²) in [6.07, 6.45) is -3.88. The quantitative estimate of drug-likeness (QED) is 0.826. The summed E-state index contributed by atoms with van der Waals surface area (Å²) in [4.78, 5) is 3.56. The highest BCUT2D eigenvalue weighted by Gasteiger charge is 2.33. The Bertz CT molecular complexity index is 369. The first-order chi connectivity index (χ1) is 6.85. The van der Waals surface area contributed by atoms with Gasteiger partial charge in [0.15, 0.2) is 5.75 Å². The van der Waals surface area contributed by atoms with E-state index < -0.39 is 12.1 Å². The molecule has 4 nitrogen and oxygen atoms in total. The van der Waals surface area contributed by atoms with Gasteiger partial charge in [0, 0.05) is 6.54 Å². The van der Waals surface area contributed by atoms with Gasteiger partial charge in [-0.2, -0.15) is 0 Å². The first-order valence-corrected chi connectivity index (χ1v) is 4.11. The molecule has 1 rings (SSSR count). The fourth-order valence-corrected chi connectivity index (χ4v) is 1.15. The second-order valence-corrected chi connectivity index (χ2v) is 2.96. The largest absolute Gasteiger partial charge is 0.573 e. The molecule has 1 heterocycles. The summed E-state index contributed by atoms with van der Waals surface area (Å²) in [5, 5.41) is -0.290. The Balaban J connectivity index is 3.20. The van der Waals surface area contributed by atoms with Gasteiger partial charge in [-0.15, -0.1) is 13.2 Å². The van der Waals surface area contributed by atoms with Gasteiger partial charge in [0.05, 0.1) is 11.8 Å². The lowest BCUT2D eigenvalue weighted by molar-refractivity contribution is -0.274. The molecule has 0 amide bonds. The fraction of sp³-hybridized carbons (Fsp3) is 0.286. The van der Waals surface area contributed by atoms with Gasteiger partial charge in [0.2, 0.25) is 0 Å². The lowest BCUT2D eigenvalue weighted by Crippen LogP contribution is -2.20. The topological polar surface area (TPSA) is 74.2 Å². The number of anilines is 1. The minimum Gasteiger partial charge on any atom is -0.404 e. The molecule has 0 bridgehead atoms. The number of nitrogen functional groups attached to an aromatic ring is 1. The molecular weight excluding hydrogens is 235 g/mol. The van der Waals surface area contributed by atoms with Gasteiger partial charge in [0.25, 0.3) is 0 Å². The molecule has 0 fully saturated rings. The number of ether oxygens (including phenoxy) is 1. The maximum Gasteiger partial charge on any atom is 0.573 e. The van der Waals surface area contributed by atoms with E-state index in [1.807, 2.05) is 0 Å². The number of pyridine rings is 1. The molecule has 15 heavy (non-hydrogen) atoms. The first kappa shape index (κ1) is 11.9. The van der Waals surface area contributed by atoms with E-state index in [9.17, 15) is 13.2 Å². The molecule has 0 atom stereocenters. The Hall–Kier alpha value is -1.21. The summed E-state index contributed by atoms with van der Waals surface area (Å²) in [6, 6.07) is 0. The highest BCUT2D eigenvalue weighted by atomic mass is 35.5. The molecule has 1 aromatic heterocycles. The van der Waals surface area contributed by atoms with E-state index in [0.717, 1.165) is 6.20 Å². The molecule has 1 aromatic rings. The summed E-state index contributed by atoms with van der Waals surface area (Å²) in [5.74, 6) is -0.736. The summed E-state index contributed by atoms with van der Waals surface area (Å²) >= 11 is 5.49. The highest BCUT2D eigenvalue weighted by Crippen LogP contribution is 2.34. The SMILES string of the molecule is NCc1c(N)ncc(Cl)c1OC(F)(F)F. The Kier molecular flexibility index (Phi) is 3.25. The zero-order valence-electron chi connectivity index (χ0n) is 7.31. The Morgan fingerprint density at radius 3 is 2.53 bits per heavy atom. The van der Waals surface area contributed by atoms with Crippen LogP contribution in [0.3, 0.4) is 0 Å². The van der Waals surface area contributed by atoms with Gasteiger partial charge < -0.3 is 16.2 Å². The lowest BCUT2D eigenvalue weighted by atomic mass is 10.2. The number of aromatic nitrogens is 1. The van der Waals surface area contributed by atoms with Crippen molar-refractivity contribution in [2.45, 2.75) is 12.9 Å². The summed E-state index contributed by atoms with van der Waals surface area (Å²) < 4.78 is 39.7. The summed E-state index contributed by atoms with van der Waals surface area (Å²) in [7, 11) is 0. The minimum atomic E-state index is -4.85. The standard InChI is InChI=1S/C7H7ClF3N3O/c8-4-2-14-6(13)3(1-12)5(4)15-7(9,10)11/h2H,1,12H2,(H2,13,14). The Morgan fingerprint density at radius 1 is 1.47 bits per heavy atom. The average molecular weight is 242 g/mol. The van der Waals surface area contributed by atoms with Crippen molar-refractivity contribution in [1.29, 1.82) is 0 Å². The van der Waals surface area contributed by atoms with Crippen molar-refractivity contribution in [3.05, 3.63) is 16.8 Å². The molecular formula is C7H7ClF3N3O. The molecule has 84 valence electrons. The number of halogens is 4. The number of nitrogens with two attached hydrogens (primary N) is 2. The molecule has 0 unspecified atom stereocenters. The van der Waals surface area contributed by atoms with Crippen LogP contribution in [0.5, 0.6) is 5.75 Å². The van der Waals surface area contributed by atoms with Crippen LogP contribution in [-0.2, 0) is 6.54 Å². The third-order valence-corrected chi connectivity index (χ3v) is 1.81. The molecule has 0 aliphatic rings. The van der Waals surface area contributed by atoms with Crippen LogP contribution < -0.4 is 16.2 Å². The first-order valence-electron chi connectivity index (χ1n) is 3.74. The number of nitrogens with zero attached hydrogens (tertiary/aromatic N) is 1. The molecule has 8 heteroatoms. The van der Waals surface area contributed by atoms with Gasteiger partial charge in [-0.05, 0) is 0 Å². The summed E-state index contributed by atoms with van der Waals surface area (Å²) in [5.41, 5.74) is 10.5. The smallest absolute Gasteiger partial charge is 0.404 e. The zero-order chi connectivity index (χ0) is 11.6. The Morgan fingerprint density at radius 2 is 2.07 bits per heavy atom. The average Bonchev–Trinajstić information content (AvgIpc) is 2.10. The molecule has 0 saturated heterocycles. The van der Waals surface area contributed by atoms with Crippen molar-refractivity contribution in [2.75, 3.05) is 5.73 Å². The molecule has 0 radical (unpaired) electrons. The van der Waals surface area contributed by atoms with E-state index in [1.54, 1.807) is 0 Å². The normalized spacial score (nSPS) is 11.5. The molecule has 0 aromatic carbocycles. The second kappa shape index (κ2) is 4.11. The number of rotatable bonds is 2. The zero-order valence-corrected chi connectivity index (χ0v) is 8.06. The number of hydrogen-bond acceptors (Lipinski definition) is 4. The second-order valence-electron chi connectivity index (χ2n) is 2.55. The van der Waals surface area contributed by atoms with E-state index >= 15 is 0 Å². The van der Waals surface area contributed by atoms with Gasteiger partial charge in [-0.25, -0.2) is 4.98 Å². The van der Waals surface area contributed by atoms with Crippen molar-refractivity contribution in [1.82, 2.24) is 4.98 Å².